The van der Waals surface area contributed by atoms with Gasteiger partial charge in [-0.15, -0.1) is 5.10 Å². The predicted octanol–water partition coefficient (Wildman–Crippen LogP) is 0.328. The molecule has 1 aromatic heterocycles. The van der Waals surface area contributed by atoms with Crippen molar-refractivity contribution in [3.63, 3.8) is 0 Å². The summed E-state index contributed by atoms with van der Waals surface area (Å²) in [6.45, 7) is 0.115. The maximum atomic E-state index is 13.1. The molecule has 4 rings (SSSR count). The van der Waals surface area contributed by atoms with E-state index in [0.717, 1.165) is 5.56 Å². The summed E-state index contributed by atoms with van der Waals surface area (Å²) in [7, 11) is 0. The van der Waals surface area contributed by atoms with Gasteiger partial charge in [0.1, 0.15) is 11.7 Å². The van der Waals surface area contributed by atoms with Gasteiger partial charge in [-0.25, -0.2) is 4.68 Å². The quantitative estimate of drug-likeness (QED) is 0.543. The van der Waals surface area contributed by atoms with Crippen molar-refractivity contribution in [2.24, 2.45) is 0 Å². The van der Waals surface area contributed by atoms with Gasteiger partial charge in [0.2, 0.25) is 11.8 Å². The van der Waals surface area contributed by atoms with Crippen LogP contribution in [0.1, 0.15) is 21.6 Å². The molecule has 164 valence electrons. The van der Waals surface area contributed by atoms with Crippen LogP contribution in [0.5, 0.6) is 0 Å². The molecule has 0 unspecified atom stereocenters. The number of nitrogens with one attached hydrogen (secondary N) is 3. The van der Waals surface area contributed by atoms with Crippen LogP contribution in [0.3, 0.4) is 0 Å². The first-order valence-corrected chi connectivity index (χ1v) is 10.1. The number of carbonyl (C=O) groups is 3. The fourth-order valence-corrected chi connectivity index (χ4v) is 3.19. The van der Waals surface area contributed by atoms with E-state index in [4.69, 9.17) is 4.74 Å². The van der Waals surface area contributed by atoms with Gasteiger partial charge in [-0.05, 0) is 17.7 Å². The molecule has 0 spiro atoms. The minimum atomic E-state index is -0.999. The van der Waals surface area contributed by atoms with E-state index in [0.29, 0.717) is 16.9 Å². The molecule has 0 fully saturated rings. The first-order chi connectivity index (χ1) is 15.6. The summed E-state index contributed by atoms with van der Waals surface area (Å²) in [5.41, 5.74) is 2.28. The fourth-order valence-electron chi connectivity index (χ4n) is 3.19. The van der Waals surface area contributed by atoms with Crippen molar-refractivity contribution in [1.29, 1.82) is 0 Å². The number of carbonyl (C=O) groups excluding carboxylic acids is 3. The van der Waals surface area contributed by atoms with E-state index in [1.54, 1.807) is 30.5 Å². The Morgan fingerprint density at radius 1 is 0.969 bits per heavy atom. The van der Waals surface area contributed by atoms with Gasteiger partial charge in [0.25, 0.3) is 5.91 Å². The van der Waals surface area contributed by atoms with Crippen LogP contribution in [0.15, 0.2) is 60.8 Å². The van der Waals surface area contributed by atoms with Gasteiger partial charge in [-0.2, -0.15) is 0 Å². The zero-order valence-corrected chi connectivity index (χ0v) is 17.2. The number of hydrogen-bond donors (Lipinski definition) is 3. The molecule has 1 atom stereocenters. The van der Waals surface area contributed by atoms with Crippen molar-refractivity contribution < 1.29 is 19.1 Å². The lowest BCUT2D eigenvalue weighted by Gasteiger charge is -2.19. The predicted molar refractivity (Wildman–Crippen MR) is 114 cm³/mol. The number of benzene rings is 2. The van der Waals surface area contributed by atoms with Gasteiger partial charge >= 0.3 is 0 Å². The van der Waals surface area contributed by atoms with Crippen LogP contribution < -0.4 is 16.0 Å². The number of aromatic nitrogens is 3. The van der Waals surface area contributed by atoms with Crippen molar-refractivity contribution in [3.05, 3.63) is 77.6 Å². The summed E-state index contributed by atoms with van der Waals surface area (Å²) in [6, 6.07) is 15.3. The standard InChI is InChI=1S/C22H22N6O4/c29-20-11-24-22(31)18(14-32-13-15-6-2-1-3-7-15)25-21(30)17-8-4-5-9-19(17)28-12-16(10-23-20)26-27-28/h1-9,12,18H,10-11,13-14H2,(H,23,29)(H,24,31)(H,25,30)/t18-/m0/s1. The van der Waals surface area contributed by atoms with Crippen LogP contribution >= 0.6 is 0 Å². The highest BCUT2D eigenvalue weighted by atomic mass is 16.5. The summed E-state index contributed by atoms with van der Waals surface area (Å²) in [6.07, 6.45) is 1.64. The Morgan fingerprint density at radius 2 is 1.75 bits per heavy atom. The second kappa shape index (κ2) is 9.84. The van der Waals surface area contributed by atoms with Crippen molar-refractivity contribution in [2.45, 2.75) is 19.2 Å². The molecule has 1 aliphatic rings. The summed E-state index contributed by atoms with van der Waals surface area (Å²) in [4.78, 5) is 37.9. The Kier molecular flexibility index (Phi) is 6.52. The molecular formula is C22H22N6O4. The Balaban J connectivity index is 1.57. The molecule has 2 heterocycles. The number of nitrogens with zero attached hydrogens (tertiary/aromatic N) is 3. The number of ether oxygens (including phenoxy) is 1. The van der Waals surface area contributed by atoms with Gasteiger partial charge in [-0.3, -0.25) is 14.4 Å². The van der Waals surface area contributed by atoms with Crippen LogP contribution in [-0.2, 0) is 27.5 Å². The smallest absolute Gasteiger partial charge is 0.254 e. The van der Waals surface area contributed by atoms with Crippen molar-refractivity contribution in [1.82, 2.24) is 30.9 Å². The number of amides is 3. The van der Waals surface area contributed by atoms with E-state index in [1.807, 2.05) is 30.3 Å². The molecule has 3 aromatic rings. The fraction of sp³-hybridized carbons (Fsp3) is 0.227. The van der Waals surface area contributed by atoms with E-state index < -0.39 is 17.9 Å². The number of fused-ring (bicyclic) bond motifs is 4. The molecule has 0 saturated heterocycles. The van der Waals surface area contributed by atoms with Gasteiger partial charge in [0.05, 0.1) is 43.8 Å². The van der Waals surface area contributed by atoms with Gasteiger partial charge < -0.3 is 20.7 Å². The molecule has 0 radical (unpaired) electrons. The molecule has 10 nitrogen and oxygen atoms in total. The summed E-state index contributed by atoms with van der Waals surface area (Å²) >= 11 is 0. The van der Waals surface area contributed by atoms with E-state index in [1.165, 1.54) is 4.68 Å². The van der Waals surface area contributed by atoms with Crippen LogP contribution in [-0.4, -0.2) is 51.9 Å². The lowest BCUT2D eigenvalue weighted by atomic mass is 10.1. The van der Waals surface area contributed by atoms with Crippen molar-refractivity contribution >= 4 is 17.7 Å². The van der Waals surface area contributed by atoms with E-state index in [-0.39, 0.29) is 32.2 Å². The zero-order chi connectivity index (χ0) is 22.3. The summed E-state index contributed by atoms with van der Waals surface area (Å²) < 4.78 is 7.14. The molecule has 2 aromatic carbocycles. The van der Waals surface area contributed by atoms with Crippen LogP contribution in [0.4, 0.5) is 0 Å². The molecule has 3 amide bonds. The van der Waals surface area contributed by atoms with Crippen LogP contribution in [0, 0.1) is 0 Å². The molecular weight excluding hydrogens is 412 g/mol. The Labute approximate surface area is 184 Å². The molecule has 0 saturated carbocycles. The normalized spacial score (nSPS) is 16.9. The molecule has 0 aliphatic carbocycles. The SMILES string of the molecule is O=C1CNC(=O)[C@H](COCc2ccccc2)NC(=O)c2ccccc2-n2cc(nn2)CN1. The molecule has 3 N–H and O–H groups in total. The summed E-state index contributed by atoms with van der Waals surface area (Å²) in [5, 5.41) is 16.0. The summed E-state index contributed by atoms with van der Waals surface area (Å²) in [5.74, 6) is -1.38. The number of rotatable bonds is 4. The van der Waals surface area contributed by atoms with Gasteiger partial charge in [0, 0.05) is 0 Å². The average Bonchev–Trinajstić information content (AvgIpc) is 3.29. The van der Waals surface area contributed by atoms with Crippen LogP contribution in [0.2, 0.25) is 0 Å². The van der Waals surface area contributed by atoms with Crippen molar-refractivity contribution in [3.8, 4) is 5.69 Å². The zero-order valence-electron chi connectivity index (χ0n) is 17.2. The van der Waals surface area contributed by atoms with E-state index in [9.17, 15) is 14.4 Å². The monoisotopic (exact) mass is 434 g/mol. The Hall–Kier alpha value is -4.05. The first kappa shape index (κ1) is 21.2. The maximum Gasteiger partial charge on any atom is 0.254 e. The molecule has 1 aliphatic heterocycles. The average molecular weight is 434 g/mol. The second-order valence-corrected chi connectivity index (χ2v) is 7.19. The number of para-hydroxylation sites is 1. The Morgan fingerprint density at radius 3 is 2.59 bits per heavy atom. The first-order valence-electron chi connectivity index (χ1n) is 10.1. The lowest BCUT2D eigenvalue weighted by Crippen LogP contribution is -2.51. The minimum Gasteiger partial charge on any atom is -0.374 e. The van der Waals surface area contributed by atoms with Crippen molar-refractivity contribution in [2.75, 3.05) is 13.2 Å². The lowest BCUT2D eigenvalue weighted by molar-refractivity contribution is -0.128. The third-order valence-electron chi connectivity index (χ3n) is 4.84. The third-order valence-corrected chi connectivity index (χ3v) is 4.84. The highest BCUT2D eigenvalue weighted by Crippen LogP contribution is 2.14. The van der Waals surface area contributed by atoms with Gasteiger partial charge in [-0.1, -0.05) is 47.7 Å². The number of hydrogen-bond acceptors (Lipinski definition) is 6. The third kappa shape index (κ3) is 5.16. The largest absolute Gasteiger partial charge is 0.374 e. The Bertz CT molecular complexity index is 1110. The molecule has 10 heteroatoms. The highest BCUT2D eigenvalue weighted by molar-refractivity contribution is 6.00. The molecule has 2 bridgehead atoms. The second-order valence-electron chi connectivity index (χ2n) is 7.19. The van der Waals surface area contributed by atoms with Gasteiger partial charge in [0.15, 0.2) is 0 Å². The maximum absolute atomic E-state index is 13.1. The minimum absolute atomic E-state index is 0.0657. The van der Waals surface area contributed by atoms with Crippen LogP contribution in [0.25, 0.3) is 5.69 Å². The molecule has 32 heavy (non-hydrogen) atoms. The van der Waals surface area contributed by atoms with E-state index >= 15 is 0 Å². The highest BCUT2D eigenvalue weighted by Gasteiger charge is 2.24. The van der Waals surface area contributed by atoms with E-state index in [2.05, 4.69) is 26.3 Å². The topological polar surface area (TPSA) is 127 Å².